The van der Waals surface area contributed by atoms with E-state index in [1.807, 2.05) is 61.5 Å². The first-order valence-corrected chi connectivity index (χ1v) is 9.91. The summed E-state index contributed by atoms with van der Waals surface area (Å²) in [5.74, 6) is 1.93. The number of esters is 1. The average molecular weight is 404 g/mol. The predicted octanol–water partition coefficient (Wildman–Crippen LogP) is 3.80. The van der Waals surface area contributed by atoms with E-state index >= 15 is 0 Å². The fourth-order valence-corrected chi connectivity index (χ4v) is 3.50. The van der Waals surface area contributed by atoms with Crippen molar-refractivity contribution in [3.05, 3.63) is 77.2 Å². The number of rotatable bonds is 7. The number of hydrogen-bond acceptors (Lipinski definition) is 6. The van der Waals surface area contributed by atoms with E-state index < -0.39 is 0 Å². The minimum Gasteiger partial charge on any atom is -0.493 e. The number of nitrogens with one attached hydrogen (secondary N) is 1. The number of benzene rings is 2. The summed E-state index contributed by atoms with van der Waals surface area (Å²) >= 11 is 0. The van der Waals surface area contributed by atoms with Crippen molar-refractivity contribution in [2.75, 3.05) is 26.8 Å². The van der Waals surface area contributed by atoms with Gasteiger partial charge in [-0.1, -0.05) is 30.3 Å². The van der Waals surface area contributed by atoms with Gasteiger partial charge in [0.1, 0.15) is 11.5 Å². The molecule has 0 saturated heterocycles. The van der Waals surface area contributed by atoms with Gasteiger partial charge in [-0.3, -0.25) is 0 Å². The lowest BCUT2D eigenvalue weighted by atomic mass is 10.0. The van der Waals surface area contributed by atoms with Crippen LogP contribution in [0.15, 0.2) is 64.6 Å². The highest BCUT2D eigenvalue weighted by molar-refractivity contribution is 5.99. The summed E-state index contributed by atoms with van der Waals surface area (Å²) in [5, 5.41) is 3.20. The second-order valence-electron chi connectivity index (χ2n) is 7.06. The molecule has 0 saturated carbocycles. The quantitative estimate of drug-likeness (QED) is 0.604. The highest BCUT2D eigenvalue weighted by atomic mass is 16.5. The lowest BCUT2D eigenvalue weighted by Crippen LogP contribution is -2.13. The van der Waals surface area contributed by atoms with Gasteiger partial charge in [0.2, 0.25) is 5.89 Å². The first-order chi connectivity index (χ1) is 14.7. The minimum absolute atomic E-state index is 0.284. The molecule has 0 unspecified atom stereocenters. The number of carbonyl (C=O) groups is 1. The van der Waals surface area contributed by atoms with Gasteiger partial charge in [-0.2, -0.15) is 0 Å². The number of methoxy groups -OCH3 is 1. The fourth-order valence-electron chi connectivity index (χ4n) is 3.50. The molecule has 0 bridgehead atoms. The Kier molecular flexibility index (Phi) is 5.95. The maximum atomic E-state index is 11.9. The molecule has 154 valence electrons. The standard InChI is InChI=1S/C24H24N2O4/c1-16-22(26-23(30-16)18-6-4-3-5-7-18)12-13-29-19-10-8-17(9-11-19)20-14-25-15-21(20)24(27)28-2/h3-11,25H,12-15H2,1-2H3. The monoisotopic (exact) mass is 404 g/mol. The van der Waals surface area contributed by atoms with E-state index in [1.165, 1.54) is 7.11 Å². The molecule has 0 aliphatic carbocycles. The molecule has 30 heavy (non-hydrogen) atoms. The summed E-state index contributed by atoms with van der Waals surface area (Å²) in [6.07, 6.45) is 0.658. The summed E-state index contributed by atoms with van der Waals surface area (Å²) in [7, 11) is 1.40. The lowest BCUT2D eigenvalue weighted by molar-refractivity contribution is -0.136. The second-order valence-corrected chi connectivity index (χ2v) is 7.06. The van der Waals surface area contributed by atoms with Crippen molar-refractivity contribution in [1.82, 2.24) is 10.3 Å². The minimum atomic E-state index is -0.284. The second kappa shape index (κ2) is 8.97. The van der Waals surface area contributed by atoms with Crippen LogP contribution in [0.2, 0.25) is 0 Å². The predicted molar refractivity (Wildman–Crippen MR) is 114 cm³/mol. The van der Waals surface area contributed by atoms with E-state index in [0.717, 1.165) is 33.9 Å². The molecule has 1 aliphatic heterocycles. The normalized spacial score (nSPS) is 13.5. The van der Waals surface area contributed by atoms with Gasteiger partial charge in [0.25, 0.3) is 0 Å². The van der Waals surface area contributed by atoms with Crippen LogP contribution >= 0.6 is 0 Å². The molecule has 0 fully saturated rings. The van der Waals surface area contributed by atoms with Crippen LogP contribution in [0.4, 0.5) is 0 Å². The highest BCUT2D eigenvalue weighted by Gasteiger charge is 2.22. The molecule has 1 N–H and O–H groups in total. The van der Waals surface area contributed by atoms with Crippen LogP contribution in [0.3, 0.4) is 0 Å². The number of oxazole rings is 1. The maximum absolute atomic E-state index is 11.9. The van der Waals surface area contributed by atoms with Crippen molar-refractivity contribution < 1.29 is 18.7 Å². The molecular weight excluding hydrogens is 380 g/mol. The van der Waals surface area contributed by atoms with Gasteiger partial charge in [-0.25, -0.2) is 9.78 Å². The first-order valence-electron chi connectivity index (χ1n) is 9.91. The Bertz CT molecular complexity index is 1050. The Morgan fingerprint density at radius 2 is 1.83 bits per heavy atom. The molecule has 1 aliphatic rings. The Morgan fingerprint density at radius 1 is 1.07 bits per heavy atom. The molecule has 0 atom stereocenters. The largest absolute Gasteiger partial charge is 0.493 e. The van der Waals surface area contributed by atoms with E-state index in [0.29, 0.717) is 37.6 Å². The van der Waals surface area contributed by atoms with Crippen LogP contribution < -0.4 is 10.1 Å². The number of nitrogens with zero attached hydrogens (tertiary/aromatic N) is 1. The van der Waals surface area contributed by atoms with E-state index in [-0.39, 0.29) is 5.97 Å². The molecular formula is C24H24N2O4. The third-order valence-corrected chi connectivity index (χ3v) is 5.12. The van der Waals surface area contributed by atoms with Gasteiger partial charge in [0, 0.05) is 25.1 Å². The van der Waals surface area contributed by atoms with E-state index in [4.69, 9.17) is 13.9 Å². The van der Waals surface area contributed by atoms with Crippen molar-refractivity contribution in [3.63, 3.8) is 0 Å². The Labute approximate surface area is 175 Å². The third kappa shape index (κ3) is 4.28. The van der Waals surface area contributed by atoms with E-state index in [2.05, 4.69) is 10.3 Å². The lowest BCUT2D eigenvalue weighted by Gasteiger charge is -2.08. The van der Waals surface area contributed by atoms with Gasteiger partial charge < -0.3 is 19.2 Å². The van der Waals surface area contributed by atoms with E-state index in [1.54, 1.807) is 0 Å². The molecule has 6 heteroatoms. The van der Waals surface area contributed by atoms with Gasteiger partial charge in [-0.05, 0) is 42.3 Å². The SMILES string of the molecule is COC(=O)C1=C(c2ccc(OCCc3nc(-c4ccccc4)oc3C)cc2)CNC1. The fraction of sp³-hybridized carbons (Fsp3) is 0.250. The molecule has 0 spiro atoms. The Hall–Kier alpha value is -3.38. The van der Waals surface area contributed by atoms with Crippen LogP contribution in [-0.4, -0.2) is 37.8 Å². The topological polar surface area (TPSA) is 73.6 Å². The smallest absolute Gasteiger partial charge is 0.335 e. The van der Waals surface area contributed by atoms with Crippen LogP contribution in [0.1, 0.15) is 17.0 Å². The van der Waals surface area contributed by atoms with Gasteiger partial charge in [-0.15, -0.1) is 0 Å². The molecule has 2 aromatic carbocycles. The molecule has 3 aromatic rings. The number of carbonyl (C=O) groups excluding carboxylic acids is 1. The maximum Gasteiger partial charge on any atom is 0.335 e. The van der Waals surface area contributed by atoms with Crippen molar-refractivity contribution in [3.8, 4) is 17.2 Å². The Morgan fingerprint density at radius 3 is 2.57 bits per heavy atom. The highest BCUT2D eigenvalue weighted by Crippen LogP contribution is 2.25. The van der Waals surface area contributed by atoms with Gasteiger partial charge in [0.15, 0.2) is 0 Å². The summed E-state index contributed by atoms with van der Waals surface area (Å²) in [6.45, 7) is 3.60. The van der Waals surface area contributed by atoms with Gasteiger partial charge >= 0.3 is 5.97 Å². The molecule has 4 rings (SSSR count). The Balaban J connectivity index is 1.37. The van der Waals surface area contributed by atoms with Crippen molar-refractivity contribution in [2.24, 2.45) is 0 Å². The number of hydrogen-bond donors (Lipinski definition) is 1. The number of aromatic nitrogens is 1. The van der Waals surface area contributed by atoms with E-state index in [9.17, 15) is 4.79 Å². The molecule has 0 amide bonds. The summed E-state index contributed by atoms with van der Waals surface area (Å²) in [5.41, 5.74) is 4.51. The van der Waals surface area contributed by atoms with Crippen LogP contribution in [-0.2, 0) is 16.0 Å². The van der Waals surface area contributed by atoms with Crippen LogP contribution in [0.25, 0.3) is 17.0 Å². The summed E-state index contributed by atoms with van der Waals surface area (Å²) in [4.78, 5) is 16.5. The molecule has 1 aromatic heterocycles. The van der Waals surface area contributed by atoms with Crippen LogP contribution in [0.5, 0.6) is 5.75 Å². The average Bonchev–Trinajstić information content (AvgIpc) is 3.42. The molecule has 0 radical (unpaired) electrons. The van der Waals surface area contributed by atoms with Crippen LogP contribution in [0, 0.1) is 6.92 Å². The zero-order chi connectivity index (χ0) is 20.9. The zero-order valence-corrected chi connectivity index (χ0v) is 17.1. The number of aryl methyl sites for hydroxylation is 1. The van der Waals surface area contributed by atoms with Gasteiger partial charge in [0.05, 0.1) is 25.0 Å². The molecule has 2 heterocycles. The number of ether oxygens (including phenoxy) is 2. The zero-order valence-electron chi connectivity index (χ0n) is 17.1. The molecule has 6 nitrogen and oxygen atoms in total. The summed E-state index contributed by atoms with van der Waals surface area (Å²) < 4.78 is 16.6. The van der Waals surface area contributed by atoms with Crippen molar-refractivity contribution in [2.45, 2.75) is 13.3 Å². The van der Waals surface area contributed by atoms with Crippen molar-refractivity contribution >= 4 is 11.5 Å². The summed E-state index contributed by atoms with van der Waals surface area (Å²) in [6, 6.07) is 17.6. The third-order valence-electron chi connectivity index (χ3n) is 5.12. The first kappa shape index (κ1) is 19.9. The van der Waals surface area contributed by atoms with Crippen molar-refractivity contribution in [1.29, 1.82) is 0 Å².